The summed E-state index contributed by atoms with van der Waals surface area (Å²) in [6, 6.07) is 8.64. The van der Waals surface area contributed by atoms with E-state index in [1.54, 1.807) is 0 Å². The Morgan fingerprint density at radius 3 is 2.53 bits per heavy atom. The van der Waals surface area contributed by atoms with E-state index in [4.69, 9.17) is 5.73 Å². The predicted molar refractivity (Wildman–Crippen MR) is 76.5 cm³/mol. The van der Waals surface area contributed by atoms with Gasteiger partial charge in [-0.25, -0.2) is 0 Å². The van der Waals surface area contributed by atoms with Crippen molar-refractivity contribution in [2.45, 2.75) is 33.6 Å². The van der Waals surface area contributed by atoms with Crippen LogP contribution >= 0.6 is 0 Å². The Kier molecular flexibility index (Phi) is 6.06. The molecule has 0 aliphatic heterocycles. The fourth-order valence-electron chi connectivity index (χ4n) is 2.09. The zero-order valence-corrected chi connectivity index (χ0v) is 11.4. The molecule has 1 atom stereocenters. The molecular formula is C15H26N2. The summed E-state index contributed by atoms with van der Waals surface area (Å²) in [5.41, 5.74) is 8.42. The number of rotatable bonds is 7. The van der Waals surface area contributed by atoms with Crippen molar-refractivity contribution in [1.29, 1.82) is 0 Å². The lowest BCUT2D eigenvalue weighted by Gasteiger charge is -2.28. The molecule has 0 radical (unpaired) electrons. The van der Waals surface area contributed by atoms with Crippen LogP contribution in [0.3, 0.4) is 0 Å². The van der Waals surface area contributed by atoms with Gasteiger partial charge in [0.1, 0.15) is 0 Å². The first-order valence-electron chi connectivity index (χ1n) is 6.75. The summed E-state index contributed by atoms with van der Waals surface area (Å²) in [7, 11) is 0. The van der Waals surface area contributed by atoms with Crippen LogP contribution in [0.25, 0.3) is 0 Å². The van der Waals surface area contributed by atoms with Crippen molar-refractivity contribution in [1.82, 2.24) is 0 Å². The first-order valence-corrected chi connectivity index (χ1v) is 6.75. The zero-order valence-electron chi connectivity index (χ0n) is 11.4. The summed E-state index contributed by atoms with van der Waals surface area (Å²) in [4.78, 5) is 2.47. The average Bonchev–Trinajstić information content (AvgIpc) is 2.37. The molecule has 0 saturated carbocycles. The number of nitrogens with zero attached hydrogens (tertiary/aromatic N) is 1. The second-order valence-electron chi connectivity index (χ2n) is 4.72. The number of para-hydroxylation sites is 1. The molecule has 1 aromatic rings. The van der Waals surface area contributed by atoms with Crippen molar-refractivity contribution in [3.63, 3.8) is 0 Å². The minimum absolute atomic E-state index is 0.720. The van der Waals surface area contributed by atoms with Gasteiger partial charge in [0.15, 0.2) is 0 Å². The second-order valence-corrected chi connectivity index (χ2v) is 4.72. The SMILES string of the molecule is CCC(C)CN(CC)c1ccccc1CCN. The Hall–Kier alpha value is -1.02. The summed E-state index contributed by atoms with van der Waals surface area (Å²) in [5, 5.41) is 0. The van der Waals surface area contributed by atoms with Crippen molar-refractivity contribution in [3.05, 3.63) is 29.8 Å². The molecule has 0 aliphatic rings. The van der Waals surface area contributed by atoms with E-state index in [1.807, 2.05) is 0 Å². The van der Waals surface area contributed by atoms with Crippen LogP contribution < -0.4 is 10.6 Å². The van der Waals surface area contributed by atoms with Crippen LogP contribution in [0.2, 0.25) is 0 Å². The lowest BCUT2D eigenvalue weighted by Crippen LogP contribution is -2.29. The third kappa shape index (κ3) is 4.04. The van der Waals surface area contributed by atoms with Gasteiger partial charge >= 0.3 is 0 Å². The topological polar surface area (TPSA) is 29.3 Å². The molecule has 0 aliphatic carbocycles. The second kappa shape index (κ2) is 7.33. The van der Waals surface area contributed by atoms with E-state index in [0.29, 0.717) is 0 Å². The molecule has 17 heavy (non-hydrogen) atoms. The average molecular weight is 234 g/mol. The van der Waals surface area contributed by atoms with Crippen molar-refractivity contribution < 1.29 is 0 Å². The van der Waals surface area contributed by atoms with Crippen molar-refractivity contribution >= 4 is 5.69 Å². The van der Waals surface area contributed by atoms with Crippen LogP contribution in [-0.2, 0) is 6.42 Å². The van der Waals surface area contributed by atoms with Crippen molar-refractivity contribution in [2.75, 3.05) is 24.5 Å². The van der Waals surface area contributed by atoms with Gasteiger partial charge in [0.05, 0.1) is 0 Å². The predicted octanol–water partition coefficient (Wildman–Crippen LogP) is 3.06. The van der Waals surface area contributed by atoms with Gasteiger partial charge in [0, 0.05) is 18.8 Å². The number of hydrogen-bond donors (Lipinski definition) is 1. The first kappa shape index (κ1) is 14.0. The van der Waals surface area contributed by atoms with Crippen LogP contribution in [0.4, 0.5) is 5.69 Å². The van der Waals surface area contributed by atoms with Gasteiger partial charge in [-0.3, -0.25) is 0 Å². The summed E-state index contributed by atoms with van der Waals surface area (Å²) < 4.78 is 0. The fraction of sp³-hybridized carbons (Fsp3) is 0.600. The van der Waals surface area contributed by atoms with Crippen LogP contribution in [0.5, 0.6) is 0 Å². The molecule has 2 nitrogen and oxygen atoms in total. The Balaban J connectivity index is 2.86. The Morgan fingerprint density at radius 1 is 1.24 bits per heavy atom. The van der Waals surface area contributed by atoms with E-state index in [-0.39, 0.29) is 0 Å². The zero-order chi connectivity index (χ0) is 12.7. The Morgan fingerprint density at radius 2 is 1.94 bits per heavy atom. The standard InChI is InChI=1S/C15H26N2/c1-4-13(3)12-17(5-2)15-9-7-6-8-14(15)10-11-16/h6-9,13H,4-5,10-12,16H2,1-3H3. The molecule has 1 rings (SSSR count). The minimum atomic E-state index is 0.720. The molecule has 0 aromatic heterocycles. The largest absolute Gasteiger partial charge is 0.371 e. The normalized spacial score (nSPS) is 12.5. The van der Waals surface area contributed by atoms with Crippen LogP contribution in [-0.4, -0.2) is 19.6 Å². The molecule has 2 heteroatoms. The summed E-state index contributed by atoms with van der Waals surface area (Å²) >= 11 is 0. The van der Waals surface area contributed by atoms with E-state index in [9.17, 15) is 0 Å². The van der Waals surface area contributed by atoms with E-state index >= 15 is 0 Å². The number of anilines is 1. The van der Waals surface area contributed by atoms with Gasteiger partial charge in [0.2, 0.25) is 0 Å². The molecule has 0 spiro atoms. The summed E-state index contributed by atoms with van der Waals surface area (Å²) in [6.07, 6.45) is 2.20. The highest BCUT2D eigenvalue weighted by atomic mass is 15.1. The van der Waals surface area contributed by atoms with Gasteiger partial charge in [-0.05, 0) is 37.4 Å². The molecule has 1 unspecified atom stereocenters. The highest BCUT2D eigenvalue weighted by Gasteiger charge is 2.11. The molecule has 96 valence electrons. The van der Waals surface area contributed by atoms with Crippen molar-refractivity contribution in [3.8, 4) is 0 Å². The molecule has 0 saturated heterocycles. The summed E-state index contributed by atoms with van der Waals surface area (Å²) in [6.45, 7) is 9.71. The molecule has 0 amide bonds. The van der Waals surface area contributed by atoms with Crippen LogP contribution in [0.1, 0.15) is 32.8 Å². The lowest BCUT2D eigenvalue weighted by molar-refractivity contribution is 0.547. The molecule has 2 N–H and O–H groups in total. The maximum absolute atomic E-state index is 5.68. The van der Waals surface area contributed by atoms with E-state index in [0.717, 1.165) is 32.0 Å². The van der Waals surface area contributed by atoms with Crippen molar-refractivity contribution in [2.24, 2.45) is 11.7 Å². The number of hydrogen-bond acceptors (Lipinski definition) is 2. The third-order valence-electron chi connectivity index (χ3n) is 3.36. The number of benzene rings is 1. The van der Waals surface area contributed by atoms with E-state index in [1.165, 1.54) is 17.7 Å². The Labute approximate surface area is 106 Å². The van der Waals surface area contributed by atoms with E-state index < -0.39 is 0 Å². The minimum Gasteiger partial charge on any atom is -0.371 e. The maximum Gasteiger partial charge on any atom is 0.0399 e. The molecule has 0 bridgehead atoms. The third-order valence-corrected chi connectivity index (χ3v) is 3.36. The number of nitrogens with two attached hydrogens (primary N) is 1. The molecule has 0 fully saturated rings. The van der Waals surface area contributed by atoms with Gasteiger partial charge in [-0.15, -0.1) is 0 Å². The lowest BCUT2D eigenvalue weighted by atomic mass is 10.1. The molecular weight excluding hydrogens is 208 g/mol. The smallest absolute Gasteiger partial charge is 0.0399 e. The molecule has 1 aromatic carbocycles. The Bertz CT molecular complexity index is 322. The fourth-order valence-corrected chi connectivity index (χ4v) is 2.09. The van der Waals surface area contributed by atoms with Gasteiger partial charge in [0.25, 0.3) is 0 Å². The maximum atomic E-state index is 5.68. The highest BCUT2D eigenvalue weighted by Crippen LogP contribution is 2.22. The van der Waals surface area contributed by atoms with E-state index in [2.05, 4.69) is 49.9 Å². The quantitative estimate of drug-likeness (QED) is 0.785. The monoisotopic (exact) mass is 234 g/mol. The van der Waals surface area contributed by atoms with Gasteiger partial charge in [-0.1, -0.05) is 38.5 Å². The van der Waals surface area contributed by atoms with Crippen LogP contribution in [0, 0.1) is 5.92 Å². The highest BCUT2D eigenvalue weighted by molar-refractivity contribution is 5.53. The molecule has 0 heterocycles. The summed E-state index contributed by atoms with van der Waals surface area (Å²) in [5.74, 6) is 0.737. The van der Waals surface area contributed by atoms with Gasteiger partial charge in [-0.2, -0.15) is 0 Å². The van der Waals surface area contributed by atoms with Gasteiger partial charge < -0.3 is 10.6 Å². The van der Waals surface area contributed by atoms with Crippen LogP contribution in [0.15, 0.2) is 24.3 Å². The first-order chi connectivity index (χ1) is 8.22.